The molecule has 2 heterocycles. The summed E-state index contributed by atoms with van der Waals surface area (Å²) in [5, 5.41) is 0. The van der Waals surface area contributed by atoms with Crippen molar-refractivity contribution in [3.8, 4) is 5.88 Å². The van der Waals surface area contributed by atoms with E-state index in [2.05, 4.69) is 9.97 Å². The van der Waals surface area contributed by atoms with Crippen LogP contribution in [0.5, 0.6) is 5.88 Å². The third-order valence-electron chi connectivity index (χ3n) is 2.42. The molecule has 2 aromatic rings. The SMILES string of the molecule is COc1ccc(Cn2c(C)c[nH]c2=S)cn1. The van der Waals surface area contributed by atoms with Crippen molar-refractivity contribution in [1.29, 1.82) is 0 Å². The van der Waals surface area contributed by atoms with Gasteiger partial charge in [-0.3, -0.25) is 0 Å². The maximum Gasteiger partial charge on any atom is 0.212 e. The van der Waals surface area contributed by atoms with Gasteiger partial charge >= 0.3 is 0 Å². The average molecular weight is 235 g/mol. The molecule has 0 aliphatic heterocycles. The molecule has 0 aromatic carbocycles. The van der Waals surface area contributed by atoms with Crippen LogP contribution >= 0.6 is 12.2 Å². The predicted molar refractivity (Wildman–Crippen MR) is 64.2 cm³/mol. The van der Waals surface area contributed by atoms with Crippen LogP contribution in [0.25, 0.3) is 0 Å². The summed E-state index contributed by atoms with van der Waals surface area (Å²) < 4.78 is 7.76. The number of aromatic amines is 1. The van der Waals surface area contributed by atoms with Crippen molar-refractivity contribution in [3.63, 3.8) is 0 Å². The predicted octanol–water partition coefficient (Wildman–Crippen LogP) is 2.31. The van der Waals surface area contributed by atoms with Gasteiger partial charge in [0.05, 0.1) is 13.7 Å². The number of H-pyrrole nitrogens is 1. The normalized spacial score (nSPS) is 10.4. The van der Waals surface area contributed by atoms with Crippen LogP contribution in [0.4, 0.5) is 0 Å². The molecule has 1 N–H and O–H groups in total. The van der Waals surface area contributed by atoms with Gasteiger partial charge in [0.2, 0.25) is 5.88 Å². The second-order valence-corrected chi connectivity index (χ2v) is 3.92. The van der Waals surface area contributed by atoms with E-state index in [1.54, 1.807) is 13.3 Å². The molecule has 84 valence electrons. The number of nitrogens with one attached hydrogen (secondary N) is 1. The van der Waals surface area contributed by atoms with Crippen LogP contribution in [0, 0.1) is 11.7 Å². The Morgan fingerprint density at radius 3 is 2.81 bits per heavy atom. The van der Waals surface area contributed by atoms with Crippen LogP contribution in [-0.4, -0.2) is 21.6 Å². The Kier molecular flexibility index (Phi) is 3.05. The first-order valence-corrected chi connectivity index (χ1v) is 5.35. The topological polar surface area (TPSA) is 42.8 Å². The van der Waals surface area contributed by atoms with Crippen molar-refractivity contribution in [2.45, 2.75) is 13.5 Å². The zero-order chi connectivity index (χ0) is 11.5. The minimum Gasteiger partial charge on any atom is -0.481 e. The lowest BCUT2D eigenvalue weighted by atomic mass is 10.3. The molecule has 16 heavy (non-hydrogen) atoms. The average Bonchev–Trinajstić information content (AvgIpc) is 2.62. The lowest BCUT2D eigenvalue weighted by Crippen LogP contribution is -2.02. The van der Waals surface area contributed by atoms with Gasteiger partial charge in [0.1, 0.15) is 0 Å². The van der Waals surface area contributed by atoms with Crippen molar-refractivity contribution in [2.75, 3.05) is 7.11 Å². The van der Waals surface area contributed by atoms with Crippen LogP contribution in [0.1, 0.15) is 11.3 Å². The minimum atomic E-state index is 0.623. The van der Waals surface area contributed by atoms with Crippen LogP contribution in [-0.2, 0) is 6.54 Å². The highest BCUT2D eigenvalue weighted by Gasteiger charge is 2.01. The molecule has 0 saturated heterocycles. The Morgan fingerprint density at radius 1 is 1.50 bits per heavy atom. The quantitative estimate of drug-likeness (QED) is 0.830. The summed E-state index contributed by atoms with van der Waals surface area (Å²) in [6.07, 6.45) is 3.70. The molecule has 0 aliphatic rings. The summed E-state index contributed by atoms with van der Waals surface area (Å²) in [4.78, 5) is 7.17. The van der Waals surface area contributed by atoms with E-state index >= 15 is 0 Å². The number of rotatable bonds is 3. The van der Waals surface area contributed by atoms with E-state index in [9.17, 15) is 0 Å². The highest BCUT2D eigenvalue weighted by Crippen LogP contribution is 2.10. The van der Waals surface area contributed by atoms with Crippen LogP contribution in [0.15, 0.2) is 24.5 Å². The maximum absolute atomic E-state index is 5.18. The molecule has 5 heteroatoms. The standard InChI is InChI=1S/C11H13N3OS/c1-8-5-13-11(16)14(8)7-9-3-4-10(15-2)12-6-9/h3-6H,7H2,1-2H3,(H,13,16). The lowest BCUT2D eigenvalue weighted by molar-refractivity contribution is 0.397. The Labute approximate surface area is 98.9 Å². The van der Waals surface area contributed by atoms with Gasteiger partial charge in [0.25, 0.3) is 0 Å². The van der Waals surface area contributed by atoms with Gasteiger partial charge in [-0.25, -0.2) is 4.98 Å². The molecule has 2 rings (SSSR count). The number of pyridine rings is 1. The fourth-order valence-electron chi connectivity index (χ4n) is 1.49. The summed E-state index contributed by atoms with van der Waals surface area (Å²) in [5.41, 5.74) is 2.21. The molecule has 0 amide bonds. The summed E-state index contributed by atoms with van der Waals surface area (Å²) in [6.45, 7) is 2.74. The van der Waals surface area contributed by atoms with Crippen LogP contribution in [0.2, 0.25) is 0 Å². The fourth-order valence-corrected chi connectivity index (χ4v) is 1.75. The number of ether oxygens (including phenoxy) is 1. The van der Waals surface area contributed by atoms with E-state index < -0.39 is 0 Å². The van der Waals surface area contributed by atoms with Gasteiger partial charge in [0.15, 0.2) is 4.77 Å². The van der Waals surface area contributed by atoms with Gasteiger partial charge < -0.3 is 14.3 Å². The molecule has 0 radical (unpaired) electrons. The number of hydrogen-bond acceptors (Lipinski definition) is 3. The first-order chi connectivity index (χ1) is 7.70. The van der Waals surface area contributed by atoms with Crippen LogP contribution < -0.4 is 4.74 Å². The molecule has 0 bridgehead atoms. The zero-order valence-electron chi connectivity index (χ0n) is 9.23. The van der Waals surface area contributed by atoms with Gasteiger partial charge in [-0.2, -0.15) is 0 Å². The van der Waals surface area contributed by atoms with Crippen molar-refractivity contribution < 1.29 is 4.74 Å². The van der Waals surface area contributed by atoms with Gasteiger partial charge in [-0.15, -0.1) is 0 Å². The molecular formula is C11H13N3OS. The van der Waals surface area contributed by atoms with E-state index in [1.165, 1.54) is 0 Å². The molecule has 0 aliphatic carbocycles. The minimum absolute atomic E-state index is 0.623. The summed E-state index contributed by atoms with van der Waals surface area (Å²) >= 11 is 5.18. The maximum atomic E-state index is 5.18. The number of nitrogens with zero attached hydrogens (tertiary/aromatic N) is 2. The number of aromatic nitrogens is 3. The molecule has 0 saturated carbocycles. The molecule has 0 fully saturated rings. The van der Waals surface area contributed by atoms with E-state index in [4.69, 9.17) is 17.0 Å². The largest absolute Gasteiger partial charge is 0.481 e. The highest BCUT2D eigenvalue weighted by atomic mass is 32.1. The second-order valence-electron chi connectivity index (χ2n) is 3.53. The molecule has 2 aromatic heterocycles. The van der Waals surface area contributed by atoms with E-state index in [-0.39, 0.29) is 0 Å². The smallest absolute Gasteiger partial charge is 0.212 e. The van der Waals surface area contributed by atoms with Crippen molar-refractivity contribution in [3.05, 3.63) is 40.6 Å². The first-order valence-electron chi connectivity index (χ1n) is 4.94. The number of aryl methyl sites for hydroxylation is 1. The molecule has 0 unspecified atom stereocenters. The molecule has 0 atom stereocenters. The van der Waals surface area contributed by atoms with Crippen molar-refractivity contribution in [2.24, 2.45) is 0 Å². The molecular weight excluding hydrogens is 222 g/mol. The molecule has 0 spiro atoms. The number of hydrogen-bond donors (Lipinski definition) is 1. The third kappa shape index (κ3) is 2.14. The van der Waals surface area contributed by atoms with Gasteiger partial charge in [-0.1, -0.05) is 6.07 Å². The monoisotopic (exact) mass is 235 g/mol. The third-order valence-corrected chi connectivity index (χ3v) is 2.76. The Balaban J connectivity index is 2.24. The van der Waals surface area contributed by atoms with E-state index in [0.717, 1.165) is 22.6 Å². The molecule has 4 nitrogen and oxygen atoms in total. The Morgan fingerprint density at radius 2 is 2.31 bits per heavy atom. The summed E-state index contributed by atoms with van der Waals surface area (Å²) in [7, 11) is 1.61. The second kappa shape index (κ2) is 4.49. The zero-order valence-corrected chi connectivity index (χ0v) is 10.0. The van der Waals surface area contributed by atoms with Gasteiger partial charge in [-0.05, 0) is 24.7 Å². The van der Waals surface area contributed by atoms with Crippen molar-refractivity contribution in [1.82, 2.24) is 14.5 Å². The van der Waals surface area contributed by atoms with E-state index in [1.807, 2.05) is 29.8 Å². The summed E-state index contributed by atoms with van der Waals surface area (Å²) in [6, 6.07) is 3.83. The number of imidazole rings is 1. The fraction of sp³-hybridized carbons (Fsp3) is 0.273. The highest BCUT2D eigenvalue weighted by molar-refractivity contribution is 7.71. The Bertz CT molecular complexity index is 527. The van der Waals surface area contributed by atoms with Gasteiger partial charge in [0, 0.05) is 24.2 Å². The Hall–Kier alpha value is -1.62. The van der Waals surface area contributed by atoms with Crippen molar-refractivity contribution >= 4 is 12.2 Å². The summed E-state index contributed by atoms with van der Waals surface area (Å²) in [5.74, 6) is 0.623. The lowest BCUT2D eigenvalue weighted by Gasteiger charge is -2.05. The number of methoxy groups -OCH3 is 1. The van der Waals surface area contributed by atoms with E-state index in [0.29, 0.717) is 5.88 Å². The van der Waals surface area contributed by atoms with Crippen LogP contribution in [0.3, 0.4) is 0 Å². The first kappa shape index (κ1) is 10.9.